The van der Waals surface area contributed by atoms with E-state index in [2.05, 4.69) is 53.1 Å². The van der Waals surface area contributed by atoms with Gasteiger partial charge < -0.3 is 14.4 Å². The minimum absolute atomic E-state index is 0.302. The Morgan fingerprint density at radius 1 is 1.42 bits per heavy atom. The first-order valence-electron chi connectivity index (χ1n) is 6.87. The highest BCUT2D eigenvalue weighted by Gasteiger charge is 2.09. The Hall–Kier alpha value is -1.62. The monoisotopic (exact) mass is 262 g/mol. The number of aromatic nitrogens is 3. The van der Waals surface area contributed by atoms with Crippen molar-refractivity contribution in [1.82, 2.24) is 20.0 Å². The van der Waals surface area contributed by atoms with E-state index >= 15 is 0 Å². The van der Waals surface area contributed by atoms with Gasteiger partial charge in [-0.15, -0.1) is 0 Å². The van der Waals surface area contributed by atoms with Crippen LogP contribution in [0.15, 0.2) is 23.0 Å². The van der Waals surface area contributed by atoms with Crippen LogP contribution in [-0.2, 0) is 13.1 Å². The van der Waals surface area contributed by atoms with Crippen molar-refractivity contribution in [3.8, 4) is 0 Å². The Morgan fingerprint density at radius 3 is 2.95 bits per heavy atom. The van der Waals surface area contributed by atoms with Crippen molar-refractivity contribution in [2.45, 2.75) is 46.2 Å². The second kappa shape index (κ2) is 6.52. The summed E-state index contributed by atoms with van der Waals surface area (Å²) < 4.78 is 7.31. The lowest BCUT2D eigenvalue weighted by Gasteiger charge is -2.00. The first kappa shape index (κ1) is 13.8. The topological polar surface area (TPSA) is 55.9 Å². The number of nitrogens with one attached hydrogen (secondary N) is 1. The molecule has 0 radical (unpaired) electrons. The van der Waals surface area contributed by atoms with Crippen molar-refractivity contribution in [2.24, 2.45) is 0 Å². The van der Waals surface area contributed by atoms with Gasteiger partial charge in [0.25, 0.3) is 0 Å². The smallest absolute Gasteiger partial charge is 0.246 e. The molecule has 2 aromatic rings. The molecule has 0 atom stereocenters. The van der Waals surface area contributed by atoms with Gasteiger partial charge >= 0.3 is 0 Å². The summed E-state index contributed by atoms with van der Waals surface area (Å²) in [6, 6.07) is 2.11. The average molecular weight is 262 g/mol. The first-order chi connectivity index (χ1) is 9.19. The number of hydrogen-bond acceptors (Lipinski definition) is 4. The maximum atomic E-state index is 5.24. The molecule has 104 valence electrons. The standard InChI is InChI=1S/C14H22N4O/c1-4-6-15-8-12-5-7-18(9-12)10-13-16-14(11(2)3)17-19-13/h5,7,9,11,15H,4,6,8,10H2,1-3H3. The molecule has 19 heavy (non-hydrogen) atoms. The lowest BCUT2D eigenvalue weighted by Crippen LogP contribution is -2.13. The third-order valence-corrected chi connectivity index (χ3v) is 2.89. The van der Waals surface area contributed by atoms with Crippen LogP contribution in [0.2, 0.25) is 0 Å². The van der Waals surface area contributed by atoms with Gasteiger partial charge in [0.2, 0.25) is 5.89 Å². The molecule has 0 unspecified atom stereocenters. The summed E-state index contributed by atoms with van der Waals surface area (Å²) in [5, 5.41) is 7.35. The van der Waals surface area contributed by atoms with Crippen molar-refractivity contribution < 1.29 is 4.52 Å². The van der Waals surface area contributed by atoms with Crippen molar-refractivity contribution in [1.29, 1.82) is 0 Å². The summed E-state index contributed by atoms with van der Waals surface area (Å²) in [7, 11) is 0. The number of nitrogens with zero attached hydrogens (tertiary/aromatic N) is 3. The molecule has 1 N–H and O–H groups in total. The maximum absolute atomic E-state index is 5.24. The van der Waals surface area contributed by atoms with Crippen molar-refractivity contribution in [2.75, 3.05) is 6.54 Å². The molecule has 0 aliphatic heterocycles. The first-order valence-corrected chi connectivity index (χ1v) is 6.87. The van der Waals surface area contributed by atoms with E-state index in [-0.39, 0.29) is 0 Å². The predicted octanol–water partition coefficient (Wildman–Crippen LogP) is 2.54. The van der Waals surface area contributed by atoms with Crippen molar-refractivity contribution >= 4 is 0 Å². The van der Waals surface area contributed by atoms with Crippen LogP contribution in [0, 0.1) is 0 Å². The van der Waals surface area contributed by atoms with Crippen LogP contribution in [0.25, 0.3) is 0 Å². The molecule has 0 aliphatic carbocycles. The molecule has 5 heteroatoms. The number of hydrogen-bond donors (Lipinski definition) is 1. The fourth-order valence-corrected chi connectivity index (χ4v) is 1.83. The van der Waals surface area contributed by atoms with Gasteiger partial charge in [0, 0.05) is 24.9 Å². The summed E-state index contributed by atoms with van der Waals surface area (Å²) in [6.07, 6.45) is 5.31. The molecule has 2 rings (SSSR count). The van der Waals surface area contributed by atoms with Crippen LogP contribution < -0.4 is 5.32 Å². The predicted molar refractivity (Wildman–Crippen MR) is 73.9 cm³/mol. The molecule has 0 aliphatic rings. The van der Waals surface area contributed by atoms with E-state index in [4.69, 9.17) is 4.52 Å². The van der Waals surface area contributed by atoms with Crippen LogP contribution in [0.4, 0.5) is 0 Å². The molecule has 0 aromatic carbocycles. The van der Waals surface area contributed by atoms with Gasteiger partial charge in [-0.3, -0.25) is 0 Å². The van der Waals surface area contributed by atoms with Gasteiger partial charge in [0.1, 0.15) is 6.54 Å². The maximum Gasteiger partial charge on any atom is 0.246 e. The van der Waals surface area contributed by atoms with Crippen molar-refractivity contribution in [3.05, 3.63) is 35.7 Å². The fraction of sp³-hybridized carbons (Fsp3) is 0.571. The van der Waals surface area contributed by atoms with E-state index in [9.17, 15) is 0 Å². The largest absolute Gasteiger partial charge is 0.345 e. The minimum atomic E-state index is 0.302. The van der Waals surface area contributed by atoms with Crippen LogP contribution in [0.3, 0.4) is 0 Å². The molecule has 0 saturated carbocycles. The zero-order valence-electron chi connectivity index (χ0n) is 11.9. The van der Waals surface area contributed by atoms with Crippen LogP contribution in [0.1, 0.15) is 50.4 Å². The Kier molecular flexibility index (Phi) is 4.74. The summed E-state index contributed by atoms with van der Waals surface area (Å²) in [5.41, 5.74) is 1.28. The van der Waals surface area contributed by atoms with Gasteiger partial charge in [-0.2, -0.15) is 4.98 Å². The van der Waals surface area contributed by atoms with E-state index in [1.165, 1.54) is 5.56 Å². The summed E-state index contributed by atoms with van der Waals surface area (Å²) >= 11 is 0. The molecule has 2 heterocycles. The highest BCUT2D eigenvalue weighted by atomic mass is 16.5. The zero-order chi connectivity index (χ0) is 13.7. The molecule has 0 amide bonds. The minimum Gasteiger partial charge on any atom is -0.345 e. The molecule has 0 saturated heterocycles. The lowest BCUT2D eigenvalue weighted by molar-refractivity contribution is 0.364. The summed E-state index contributed by atoms with van der Waals surface area (Å²) in [5.74, 6) is 1.73. The highest BCUT2D eigenvalue weighted by Crippen LogP contribution is 2.11. The van der Waals surface area contributed by atoms with E-state index < -0.39 is 0 Å². The Labute approximate surface area is 114 Å². The van der Waals surface area contributed by atoms with Crippen LogP contribution in [-0.4, -0.2) is 21.3 Å². The van der Waals surface area contributed by atoms with Crippen LogP contribution in [0.5, 0.6) is 0 Å². The molecular weight excluding hydrogens is 240 g/mol. The third-order valence-electron chi connectivity index (χ3n) is 2.89. The molecule has 0 bridgehead atoms. The van der Waals surface area contributed by atoms with Gasteiger partial charge in [0.05, 0.1) is 0 Å². The van der Waals surface area contributed by atoms with E-state index in [1.807, 2.05) is 6.20 Å². The van der Waals surface area contributed by atoms with E-state index in [0.29, 0.717) is 18.4 Å². The fourth-order valence-electron chi connectivity index (χ4n) is 1.83. The van der Waals surface area contributed by atoms with Gasteiger partial charge in [0.15, 0.2) is 5.82 Å². The normalized spacial score (nSPS) is 11.4. The lowest BCUT2D eigenvalue weighted by atomic mass is 10.2. The Bertz CT molecular complexity index is 501. The third kappa shape index (κ3) is 3.92. The Balaban J connectivity index is 1.91. The van der Waals surface area contributed by atoms with Gasteiger partial charge in [-0.1, -0.05) is 25.9 Å². The van der Waals surface area contributed by atoms with Crippen LogP contribution >= 0.6 is 0 Å². The second-order valence-electron chi connectivity index (χ2n) is 5.07. The summed E-state index contributed by atoms with van der Waals surface area (Å²) in [4.78, 5) is 4.38. The molecular formula is C14H22N4O. The zero-order valence-corrected chi connectivity index (χ0v) is 11.9. The summed E-state index contributed by atoms with van der Waals surface area (Å²) in [6.45, 7) is 8.87. The van der Waals surface area contributed by atoms with E-state index in [0.717, 1.165) is 25.3 Å². The molecule has 2 aromatic heterocycles. The molecule has 0 spiro atoms. The average Bonchev–Trinajstić information content (AvgIpc) is 3.00. The second-order valence-corrected chi connectivity index (χ2v) is 5.07. The van der Waals surface area contributed by atoms with E-state index in [1.54, 1.807) is 0 Å². The highest BCUT2D eigenvalue weighted by molar-refractivity contribution is 5.10. The van der Waals surface area contributed by atoms with Crippen molar-refractivity contribution in [3.63, 3.8) is 0 Å². The number of rotatable bonds is 7. The SMILES string of the molecule is CCCNCc1ccn(Cc2nc(C(C)C)no2)c1. The molecule has 0 fully saturated rings. The van der Waals surface area contributed by atoms with Gasteiger partial charge in [-0.25, -0.2) is 0 Å². The Morgan fingerprint density at radius 2 is 2.26 bits per heavy atom. The molecule has 5 nitrogen and oxygen atoms in total. The quantitative estimate of drug-likeness (QED) is 0.779. The van der Waals surface area contributed by atoms with Gasteiger partial charge in [-0.05, 0) is 24.6 Å².